The van der Waals surface area contributed by atoms with Gasteiger partial charge in [-0.25, -0.2) is 9.59 Å². The van der Waals surface area contributed by atoms with Gasteiger partial charge in [-0.2, -0.15) is 0 Å². The van der Waals surface area contributed by atoms with Gasteiger partial charge in [-0.15, -0.1) is 0 Å². The molecule has 0 bridgehead atoms. The highest BCUT2D eigenvalue weighted by atomic mass is 16.7. The van der Waals surface area contributed by atoms with E-state index < -0.39 is 11.8 Å². The van der Waals surface area contributed by atoms with Crippen LogP contribution in [0.5, 0.6) is 0 Å². The van der Waals surface area contributed by atoms with E-state index in [0.717, 1.165) is 62.8 Å². The molecular weight excluding hydrogens is 424 g/mol. The smallest absolute Gasteiger partial charge is 0.342 e. The Morgan fingerprint density at radius 3 is 1.94 bits per heavy atom. The van der Waals surface area contributed by atoms with E-state index in [1.54, 1.807) is 0 Å². The number of aryl methyl sites for hydroxylation is 1. The standard InChI is InChI=1S/C30H46O4/c1-22(2)14-8-5-10-16-24-18-19-26-27(25(24)17-11-6-9-15-23(3)4)29(32)34-30(33-28(26)31)20-12-7-13-21-30/h18-19,22-23H,5-17,20-21H2,1-4H3. The van der Waals surface area contributed by atoms with Gasteiger partial charge in [0.05, 0.1) is 11.1 Å². The van der Waals surface area contributed by atoms with Crippen molar-refractivity contribution in [1.29, 1.82) is 0 Å². The predicted molar refractivity (Wildman–Crippen MR) is 137 cm³/mol. The first kappa shape index (κ1) is 26.8. The number of fused-ring (bicyclic) bond motifs is 1. The zero-order chi connectivity index (χ0) is 24.6. The Labute approximate surface area is 207 Å². The third-order valence-corrected chi connectivity index (χ3v) is 7.44. The summed E-state index contributed by atoms with van der Waals surface area (Å²) < 4.78 is 11.8. The van der Waals surface area contributed by atoms with Gasteiger partial charge < -0.3 is 9.47 Å². The van der Waals surface area contributed by atoms with E-state index >= 15 is 0 Å². The maximum atomic E-state index is 13.5. The molecular formula is C30H46O4. The van der Waals surface area contributed by atoms with Crippen molar-refractivity contribution in [1.82, 2.24) is 0 Å². The van der Waals surface area contributed by atoms with Crippen molar-refractivity contribution < 1.29 is 19.1 Å². The maximum absolute atomic E-state index is 13.5. The molecule has 1 aliphatic carbocycles. The van der Waals surface area contributed by atoms with Crippen LogP contribution in [0.25, 0.3) is 0 Å². The van der Waals surface area contributed by atoms with Crippen LogP contribution in [0.3, 0.4) is 0 Å². The lowest BCUT2D eigenvalue weighted by atomic mass is 9.89. The number of carbonyl (C=O) groups excluding carboxylic acids is 2. The van der Waals surface area contributed by atoms with E-state index in [4.69, 9.17) is 9.47 Å². The molecule has 1 heterocycles. The summed E-state index contributed by atoms with van der Waals surface area (Å²) in [5.41, 5.74) is 3.11. The largest absolute Gasteiger partial charge is 0.419 e. The minimum Gasteiger partial charge on any atom is -0.419 e. The van der Waals surface area contributed by atoms with Crippen molar-refractivity contribution in [2.75, 3.05) is 0 Å². The maximum Gasteiger partial charge on any atom is 0.342 e. The molecule has 0 saturated heterocycles. The topological polar surface area (TPSA) is 52.6 Å². The summed E-state index contributed by atoms with van der Waals surface area (Å²) in [7, 11) is 0. The second kappa shape index (κ2) is 12.7. The van der Waals surface area contributed by atoms with E-state index in [1.807, 2.05) is 6.07 Å². The Morgan fingerprint density at radius 2 is 1.32 bits per heavy atom. The van der Waals surface area contributed by atoms with Crippen molar-refractivity contribution in [2.45, 2.75) is 130 Å². The van der Waals surface area contributed by atoms with Gasteiger partial charge in [-0.05, 0) is 67.6 Å². The molecule has 4 nitrogen and oxygen atoms in total. The van der Waals surface area contributed by atoms with Crippen LogP contribution in [0, 0.1) is 11.8 Å². The summed E-state index contributed by atoms with van der Waals surface area (Å²) in [6.07, 6.45) is 15.3. The Kier molecular flexibility index (Phi) is 10.0. The van der Waals surface area contributed by atoms with E-state index in [2.05, 4.69) is 33.8 Å². The average molecular weight is 471 g/mol. The first-order chi connectivity index (χ1) is 16.3. The Bertz CT molecular complexity index is 817. The van der Waals surface area contributed by atoms with Crippen molar-refractivity contribution >= 4 is 11.9 Å². The van der Waals surface area contributed by atoms with Gasteiger partial charge in [0.15, 0.2) is 0 Å². The molecule has 1 aliphatic heterocycles. The van der Waals surface area contributed by atoms with Crippen LogP contribution < -0.4 is 0 Å². The van der Waals surface area contributed by atoms with E-state index in [-0.39, 0.29) is 5.97 Å². The molecule has 1 spiro atoms. The van der Waals surface area contributed by atoms with Gasteiger partial charge in [0.25, 0.3) is 5.79 Å². The molecule has 0 aromatic heterocycles. The number of esters is 2. The highest BCUT2D eigenvalue weighted by Crippen LogP contribution is 2.38. The number of hydrogen-bond donors (Lipinski definition) is 0. The van der Waals surface area contributed by atoms with Crippen LogP contribution in [-0.2, 0) is 22.3 Å². The fourth-order valence-electron chi connectivity index (χ4n) is 5.45. The van der Waals surface area contributed by atoms with Crippen molar-refractivity contribution in [3.8, 4) is 0 Å². The average Bonchev–Trinajstić information content (AvgIpc) is 2.88. The van der Waals surface area contributed by atoms with Crippen LogP contribution in [-0.4, -0.2) is 17.7 Å². The highest BCUT2D eigenvalue weighted by Gasteiger charge is 2.44. The first-order valence-corrected chi connectivity index (χ1v) is 13.9. The quantitative estimate of drug-likeness (QED) is 0.228. The third kappa shape index (κ3) is 7.33. The number of ether oxygens (including phenoxy) is 2. The Morgan fingerprint density at radius 1 is 0.735 bits per heavy atom. The summed E-state index contributed by atoms with van der Waals surface area (Å²) >= 11 is 0. The molecule has 34 heavy (non-hydrogen) atoms. The molecule has 0 N–H and O–H groups in total. The summed E-state index contributed by atoms with van der Waals surface area (Å²) in [5, 5.41) is 0. The molecule has 0 unspecified atom stereocenters. The van der Waals surface area contributed by atoms with E-state index in [1.165, 1.54) is 37.7 Å². The number of rotatable bonds is 12. The lowest BCUT2D eigenvalue weighted by Gasteiger charge is -2.34. The van der Waals surface area contributed by atoms with Crippen LogP contribution in [0.1, 0.15) is 143 Å². The van der Waals surface area contributed by atoms with Gasteiger partial charge in [0.1, 0.15) is 0 Å². The van der Waals surface area contributed by atoms with Gasteiger partial charge in [-0.1, -0.05) is 78.7 Å². The lowest BCUT2D eigenvalue weighted by Crippen LogP contribution is -2.40. The predicted octanol–water partition coefficient (Wildman–Crippen LogP) is 8.19. The number of carbonyl (C=O) groups is 2. The molecule has 190 valence electrons. The van der Waals surface area contributed by atoms with E-state index in [0.29, 0.717) is 29.9 Å². The zero-order valence-corrected chi connectivity index (χ0v) is 22.0. The third-order valence-electron chi connectivity index (χ3n) is 7.44. The molecule has 0 atom stereocenters. The van der Waals surface area contributed by atoms with Crippen molar-refractivity contribution in [2.24, 2.45) is 11.8 Å². The SMILES string of the molecule is CC(C)CCCCCc1ccc2c(c1CCCCCC(C)C)C(=O)OC1(CCCCC1)OC2=O. The van der Waals surface area contributed by atoms with Crippen LogP contribution in [0.2, 0.25) is 0 Å². The molecule has 0 radical (unpaired) electrons. The van der Waals surface area contributed by atoms with Gasteiger partial charge in [-0.3, -0.25) is 0 Å². The molecule has 4 heteroatoms. The second-order valence-corrected chi connectivity index (χ2v) is 11.4. The molecule has 2 aliphatic rings. The van der Waals surface area contributed by atoms with E-state index in [9.17, 15) is 9.59 Å². The monoisotopic (exact) mass is 470 g/mol. The van der Waals surface area contributed by atoms with Crippen molar-refractivity contribution in [3.05, 3.63) is 34.4 Å². The number of unbranched alkanes of at least 4 members (excludes halogenated alkanes) is 4. The summed E-state index contributed by atoms with van der Waals surface area (Å²) in [6, 6.07) is 3.88. The molecule has 0 amide bonds. The number of benzene rings is 1. The summed E-state index contributed by atoms with van der Waals surface area (Å²) in [4.78, 5) is 26.6. The van der Waals surface area contributed by atoms with Gasteiger partial charge in [0.2, 0.25) is 0 Å². The Balaban J connectivity index is 1.81. The van der Waals surface area contributed by atoms with Crippen LogP contribution in [0.15, 0.2) is 12.1 Å². The minimum atomic E-state index is -1.07. The van der Waals surface area contributed by atoms with Crippen LogP contribution >= 0.6 is 0 Å². The zero-order valence-electron chi connectivity index (χ0n) is 22.0. The second-order valence-electron chi connectivity index (χ2n) is 11.4. The highest BCUT2D eigenvalue weighted by molar-refractivity contribution is 6.05. The lowest BCUT2D eigenvalue weighted by molar-refractivity contribution is -0.183. The van der Waals surface area contributed by atoms with Crippen LogP contribution in [0.4, 0.5) is 0 Å². The fourth-order valence-corrected chi connectivity index (χ4v) is 5.45. The molecule has 1 aromatic rings. The van der Waals surface area contributed by atoms with Crippen molar-refractivity contribution in [3.63, 3.8) is 0 Å². The molecule has 1 saturated carbocycles. The number of hydrogen-bond acceptors (Lipinski definition) is 4. The Hall–Kier alpha value is -1.84. The minimum absolute atomic E-state index is 0.360. The van der Waals surface area contributed by atoms with Gasteiger partial charge in [0, 0.05) is 12.8 Å². The normalized spacial score (nSPS) is 17.6. The summed E-state index contributed by atoms with van der Waals surface area (Å²) in [5.74, 6) is -0.377. The fraction of sp³-hybridized carbons (Fsp3) is 0.733. The first-order valence-electron chi connectivity index (χ1n) is 13.9. The molecule has 1 aromatic carbocycles. The molecule has 3 rings (SSSR count). The summed E-state index contributed by atoms with van der Waals surface area (Å²) in [6.45, 7) is 9.07. The molecule has 1 fully saturated rings. The van der Waals surface area contributed by atoms with Gasteiger partial charge >= 0.3 is 11.9 Å².